The number of aliphatic imine (C=N–C) groups is 6. The van der Waals surface area contributed by atoms with Gasteiger partial charge >= 0.3 is 43.4 Å². The Labute approximate surface area is 484 Å². The van der Waals surface area contributed by atoms with E-state index < -0.39 is 85.1 Å². The fraction of sp³-hybridized carbons (Fsp3) is 0.651. The predicted octanol–water partition coefficient (Wildman–Crippen LogP) is -7.78. The number of nitrogens with one attached hydrogen (secondary N) is 3. The van der Waals surface area contributed by atoms with Gasteiger partial charge in [-0.05, 0) is 84.6 Å². The molecule has 5 unspecified atom stereocenters. The summed E-state index contributed by atoms with van der Waals surface area (Å²) in [5.41, 5.74) is 67.3. The second-order valence-corrected chi connectivity index (χ2v) is 18.6. The van der Waals surface area contributed by atoms with Gasteiger partial charge in [0.25, 0.3) is 0 Å². The second-order valence-electron chi connectivity index (χ2n) is 16.8. The molecule has 0 aliphatic heterocycles. The average Bonchev–Trinajstić information content (AvgIpc) is 3.39. The van der Waals surface area contributed by atoms with Crippen LogP contribution in [0, 0.1) is 0 Å². The Bertz CT molecular complexity index is 2170. The van der Waals surface area contributed by atoms with Crippen molar-refractivity contribution in [1.29, 1.82) is 0 Å². The third kappa shape index (κ3) is 69.7. The Hall–Kier alpha value is -8.40. The van der Waals surface area contributed by atoms with Crippen LogP contribution < -0.4 is 90.5 Å². The smallest absolute Gasteiger partial charge is 0.372 e. The zero-order valence-electron chi connectivity index (χ0n) is 47.1. The van der Waals surface area contributed by atoms with Crippen molar-refractivity contribution in [1.82, 2.24) is 16.0 Å². The number of amides is 2. The number of amidine groups is 2. The van der Waals surface area contributed by atoms with Crippen molar-refractivity contribution in [3.8, 4) is 0 Å². The van der Waals surface area contributed by atoms with Gasteiger partial charge in [0.2, 0.25) is 18.1 Å². The lowest BCUT2D eigenvalue weighted by Crippen LogP contribution is -2.41. The molecular formula is C43H91N22O18P. The number of hydrogen-bond donors (Lipinski definition) is 24. The number of nitrogens with two attached hydrogens (primary N) is 13. The van der Waals surface area contributed by atoms with Crippen LogP contribution >= 0.6 is 7.60 Å². The first-order valence-corrected chi connectivity index (χ1v) is 26.7. The molecule has 0 aliphatic carbocycles. The lowest BCUT2D eigenvalue weighted by Gasteiger charge is -2.13. The fourth-order valence-corrected chi connectivity index (χ4v) is 5.32. The molecule has 0 rings (SSSR count). The van der Waals surface area contributed by atoms with Gasteiger partial charge in [-0.1, -0.05) is 0 Å². The van der Waals surface area contributed by atoms with E-state index in [4.69, 9.17) is 115 Å². The molecule has 486 valence electrons. The molecule has 0 spiro atoms. The van der Waals surface area contributed by atoms with Gasteiger partial charge in [-0.15, -0.1) is 0 Å². The van der Waals surface area contributed by atoms with Crippen LogP contribution in [0.4, 0.5) is 0 Å². The summed E-state index contributed by atoms with van der Waals surface area (Å²) in [5, 5.41) is 58.0. The van der Waals surface area contributed by atoms with E-state index in [1.807, 2.05) is 0 Å². The second kappa shape index (κ2) is 55.2. The van der Waals surface area contributed by atoms with E-state index in [-0.39, 0.29) is 69.0 Å². The van der Waals surface area contributed by atoms with Gasteiger partial charge in [0.15, 0.2) is 23.8 Å². The first-order valence-electron chi connectivity index (χ1n) is 25.0. The van der Waals surface area contributed by atoms with Gasteiger partial charge in [0, 0.05) is 52.1 Å². The molecule has 0 heterocycles. The van der Waals surface area contributed by atoms with Crippen molar-refractivity contribution in [3.05, 3.63) is 0 Å². The van der Waals surface area contributed by atoms with E-state index in [1.165, 1.54) is 0 Å². The minimum absolute atomic E-state index is 0.0175. The Morgan fingerprint density at radius 2 is 0.893 bits per heavy atom. The molecule has 41 heteroatoms. The summed E-state index contributed by atoms with van der Waals surface area (Å²) in [6, 6.07) is -3.52. The molecule has 0 radical (unpaired) electrons. The van der Waals surface area contributed by atoms with E-state index in [0.29, 0.717) is 109 Å². The monoisotopic (exact) mass is 1230 g/mol. The number of hydrogen-bond acceptors (Lipinski definition) is 21. The Balaban J connectivity index is -0.000000219. The summed E-state index contributed by atoms with van der Waals surface area (Å²) in [6.07, 6.45) is 4.31. The van der Waals surface area contributed by atoms with Gasteiger partial charge < -0.3 is 126 Å². The van der Waals surface area contributed by atoms with Crippen molar-refractivity contribution in [2.45, 2.75) is 127 Å². The van der Waals surface area contributed by atoms with Crippen LogP contribution in [0.15, 0.2) is 30.0 Å². The largest absolute Gasteiger partial charge is 0.481 e. The van der Waals surface area contributed by atoms with Crippen LogP contribution in [0.2, 0.25) is 0 Å². The first kappa shape index (κ1) is 86.9. The third-order valence-corrected chi connectivity index (χ3v) is 10.2. The van der Waals surface area contributed by atoms with Gasteiger partial charge in [0.05, 0.1) is 18.8 Å². The Morgan fingerprint density at radius 1 is 0.512 bits per heavy atom. The number of ketones is 1. The summed E-state index contributed by atoms with van der Waals surface area (Å²) in [6.45, 7) is 4.52. The van der Waals surface area contributed by atoms with Crippen molar-refractivity contribution < 1.29 is 88.1 Å². The summed E-state index contributed by atoms with van der Waals surface area (Å²) in [5.74, 6) is -8.38. The highest BCUT2D eigenvalue weighted by molar-refractivity contribution is 7.52. The highest BCUT2D eigenvalue weighted by Gasteiger charge is 2.23. The van der Waals surface area contributed by atoms with Gasteiger partial charge in [0.1, 0.15) is 35.8 Å². The normalized spacial score (nSPS) is 12.6. The molecule has 0 fully saturated rings. The number of guanidine groups is 4. The summed E-state index contributed by atoms with van der Waals surface area (Å²) in [4.78, 5) is 133. The molecule has 0 aromatic heterocycles. The number of carboxylic acids is 6. The number of nitrogens with zero attached hydrogens (tertiary/aromatic N) is 6. The third-order valence-electron chi connectivity index (χ3n) is 9.12. The molecule has 5 atom stereocenters. The zero-order chi connectivity index (χ0) is 66.4. The molecule has 0 aromatic rings. The lowest BCUT2D eigenvalue weighted by molar-refractivity contribution is -0.149. The van der Waals surface area contributed by atoms with Gasteiger partial charge in [-0.25, -0.2) is 9.59 Å². The fourth-order valence-electron chi connectivity index (χ4n) is 4.80. The van der Waals surface area contributed by atoms with Gasteiger partial charge in [-0.3, -0.25) is 73.4 Å². The number of carboxylic acid groups (broad SMARTS) is 6. The molecule has 0 saturated carbocycles. The minimum atomic E-state index is -4.15. The predicted molar refractivity (Wildman–Crippen MR) is 312 cm³/mol. The van der Waals surface area contributed by atoms with E-state index in [0.717, 1.165) is 0 Å². The zero-order valence-corrected chi connectivity index (χ0v) is 48.0. The van der Waals surface area contributed by atoms with Crippen LogP contribution in [0.1, 0.15) is 96.8 Å². The number of aliphatic carboxylic acids is 6. The van der Waals surface area contributed by atoms with Crippen LogP contribution in [-0.2, 0) is 47.7 Å². The minimum Gasteiger partial charge on any atom is -0.481 e. The molecule has 0 bridgehead atoms. The van der Waals surface area contributed by atoms with E-state index >= 15 is 0 Å². The molecule has 2 amide bonds. The number of Topliss-reactive ketones (excluding diaryl/α,β-unsaturated/α-hetero) is 1. The lowest BCUT2D eigenvalue weighted by atomic mass is 10.1. The van der Waals surface area contributed by atoms with Crippen LogP contribution in [-0.4, -0.2) is 213 Å². The quantitative estimate of drug-likeness (QED) is 0.00686. The SMILES string of the molecule is CC(N)=NCCCC(N)C(=O)O.CNCC(N)=NCCCC(N)C(=O)O.NC(=NCCCC(N)C(=O)O)NC=O.NC(N)=NCCCC(=O)C(=O)O.NC(N)=NCCCC(N)P(=O)(O)O.NC(N)=NCCCC(NC(=O)CCC(=O)O)C(=O)O. The highest BCUT2D eigenvalue weighted by Crippen LogP contribution is 2.40. The van der Waals surface area contributed by atoms with Crippen molar-refractivity contribution in [2.24, 2.45) is 104 Å². The summed E-state index contributed by atoms with van der Waals surface area (Å²) >= 11 is 0. The molecule has 40 nitrogen and oxygen atoms in total. The highest BCUT2D eigenvalue weighted by atomic mass is 31.2. The van der Waals surface area contributed by atoms with E-state index in [9.17, 15) is 47.7 Å². The molecule has 0 aliphatic rings. The van der Waals surface area contributed by atoms with Crippen LogP contribution in [0.25, 0.3) is 0 Å². The van der Waals surface area contributed by atoms with Crippen LogP contribution in [0.3, 0.4) is 0 Å². The van der Waals surface area contributed by atoms with E-state index in [2.05, 4.69) is 45.9 Å². The van der Waals surface area contributed by atoms with Gasteiger partial charge in [-0.2, -0.15) is 0 Å². The van der Waals surface area contributed by atoms with Crippen molar-refractivity contribution in [3.63, 3.8) is 0 Å². The first-order chi connectivity index (χ1) is 38.9. The summed E-state index contributed by atoms with van der Waals surface area (Å²) in [7, 11) is -2.37. The molecule has 0 saturated heterocycles. The number of carbonyl (C=O) groups excluding carboxylic acids is 3. The molecule has 84 heavy (non-hydrogen) atoms. The standard InChI is InChI=1S/C10H18N4O5.C8H18N4O2.C7H14N4O3.C7H15N3O2.C6H11N3O3.C5H15N4O3P/c11-10(12)13-5-1-2-6(9(18)19)14-7(15)3-4-8(16)17;1-11-5-7(10)12-4-2-3-6(9)8(13)14;8-5(6(13)14)2-1-3-10-7(9)11-4-12;1-5(8)10-4-2-3-6(9)7(11)12;7-6(8)9-3-1-2-4(10)5(11)12;6-4(13(10,11)12)2-1-3-9-5(7)8/h6H,1-5H2,(H,14,15)(H,16,17)(H,18,19)(H4,11,12,13);6,11H,2-5,9H2,1H3,(H2,10,12)(H,13,14);4-5H,1-3,8H2,(H,13,14)(H3,9,10,11,12);6H,2-4,9H2,1H3,(H2,8,10)(H,11,12);1-3H2,(H,11,12)(H4,7,8,9);4H,1-3,6H2,(H4,7,8,9)(H2,10,11,12). The Kier molecular flexibility index (Phi) is 57.0. The number of rotatable bonds is 37. The number of likely N-dealkylation sites (N-methyl/N-ethyl adjacent to an activating group) is 1. The van der Waals surface area contributed by atoms with Crippen molar-refractivity contribution in [2.75, 3.05) is 52.9 Å². The van der Waals surface area contributed by atoms with E-state index in [1.54, 1.807) is 14.0 Å². The maximum absolute atomic E-state index is 11.3. The molecule has 37 N–H and O–H groups in total. The maximum atomic E-state index is 11.3. The average molecular weight is 1240 g/mol. The van der Waals surface area contributed by atoms with Crippen molar-refractivity contribution >= 4 is 97.0 Å². The van der Waals surface area contributed by atoms with Crippen LogP contribution in [0.5, 0.6) is 0 Å². The summed E-state index contributed by atoms with van der Waals surface area (Å²) < 4.78 is 10.5. The topological polar surface area (TPSA) is 781 Å². The molecule has 0 aromatic carbocycles. The molecular weight excluding hydrogens is 1140 g/mol. The Morgan fingerprint density at radius 3 is 1.24 bits per heavy atom. The maximum Gasteiger partial charge on any atom is 0.372 e. The number of carbonyl (C=O) groups is 9.